The van der Waals surface area contributed by atoms with Gasteiger partial charge in [0.1, 0.15) is 18.6 Å². The second-order valence-electron chi connectivity index (χ2n) is 3.73. The zero-order chi connectivity index (χ0) is 14.6. The molecule has 102 valence electrons. The lowest BCUT2D eigenvalue weighted by Crippen LogP contribution is -2.31. The third-order valence-electron chi connectivity index (χ3n) is 2.39. The molecule has 0 aliphatic heterocycles. The third-order valence-corrected chi connectivity index (χ3v) is 3.34. The largest absolute Gasteiger partial charge is 0.480 e. The SMILES string of the molecule is C=CCN(CC(=O)O)c1ncc([N+](=O)[O-])c(C)c1Br. The van der Waals surface area contributed by atoms with E-state index in [1.165, 1.54) is 11.0 Å². The minimum atomic E-state index is -1.02. The first-order valence-corrected chi connectivity index (χ1v) is 6.05. The molecule has 1 rings (SSSR count). The van der Waals surface area contributed by atoms with Crippen molar-refractivity contribution in [2.45, 2.75) is 6.92 Å². The summed E-state index contributed by atoms with van der Waals surface area (Å²) in [7, 11) is 0. The van der Waals surface area contributed by atoms with Gasteiger partial charge in [0.2, 0.25) is 0 Å². The van der Waals surface area contributed by atoms with Crippen LogP contribution in [0, 0.1) is 17.0 Å². The highest BCUT2D eigenvalue weighted by atomic mass is 79.9. The molecule has 0 spiro atoms. The second-order valence-corrected chi connectivity index (χ2v) is 4.52. The smallest absolute Gasteiger partial charge is 0.323 e. The molecule has 0 aromatic carbocycles. The van der Waals surface area contributed by atoms with E-state index >= 15 is 0 Å². The van der Waals surface area contributed by atoms with Crippen molar-refractivity contribution in [2.24, 2.45) is 0 Å². The lowest BCUT2D eigenvalue weighted by molar-refractivity contribution is -0.385. The van der Waals surface area contributed by atoms with Crippen molar-refractivity contribution in [3.05, 3.63) is 39.0 Å². The van der Waals surface area contributed by atoms with Gasteiger partial charge in [0.25, 0.3) is 5.69 Å². The van der Waals surface area contributed by atoms with Gasteiger partial charge in [-0.25, -0.2) is 4.98 Å². The molecule has 7 nitrogen and oxygen atoms in total. The Balaban J connectivity index is 3.24. The number of nitrogens with zero attached hydrogens (tertiary/aromatic N) is 3. The zero-order valence-corrected chi connectivity index (χ0v) is 11.8. The second kappa shape index (κ2) is 6.28. The minimum Gasteiger partial charge on any atom is -0.480 e. The first-order chi connectivity index (χ1) is 8.88. The van der Waals surface area contributed by atoms with Crippen LogP contribution in [0.3, 0.4) is 0 Å². The van der Waals surface area contributed by atoms with Crippen molar-refractivity contribution in [3.63, 3.8) is 0 Å². The molecule has 0 amide bonds. The number of carboxylic acids is 1. The Morgan fingerprint density at radius 3 is 2.84 bits per heavy atom. The number of hydrogen-bond donors (Lipinski definition) is 1. The van der Waals surface area contributed by atoms with Crippen molar-refractivity contribution in [3.8, 4) is 0 Å². The summed E-state index contributed by atoms with van der Waals surface area (Å²) in [5, 5.41) is 19.6. The summed E-state index contributed by atoms with van der Waals surface area (Å²) in [5.41, 5.74) is 0.277. The summed E-state index contributed by atoms with van der Waals surface area (Å²) in [5.74, 6) is -0.683. The molecule has 0 bridgehead atoms. The molecule has 0 saturated carbocycles. The number of hydrogen-bond acceptors (Lipinski definition) is 5. The quantitative estimate of drug-likeness (QED) is 0.488. The van der Waals surface area contributed by atoms with Crippen LogP contribution in [-0.4, -0.2) is 34.1 Å². The van der Waals surface area contributed by atoms with Gasteiger partial charge in [-0.1, -0.05) is 6.08 Å². The van der Waals surface area contributed by atoms with Crippen molar-refractivity contribution in [1.29, 1.82) is 0 Å². The summed E-state index contributed by atoms with van der Waals surface area (Å²) < 4.78 is 0.407. The Hall–Kier alpha value is -1.96. The van der Waals surface area contributed by atoms with Crippen molar-refractivity contribution in [2.75, 3.05) is 18.0 Å². The Morgan fingerprint density at radius 2 is 2.37 bits per heavy atom. The average molecular weight is 330 g/mol. The van der Waals surface area contributed by atoms with Gasteiger partial charge in [0.15, 0.2) is 0 Å². The van der Waals surface area contributed by atoms with Gasteiger partial charge < -0.3 is 10.0 Å². The van der Waals surface area contributed by atoms with Gasteiger partial charge in [0.05, 0.1) is 9.40 Å². The molecule has 0 saturated heterocycles. The molecular weight excluding hydrogens is 318 g/mol. The molecule has 0 radical (unpaired) electrons. The number of halogens is 1. The van der Waals surface area contributed by atoms with Crippen LogP contribution in [0.15, 0.2) is 23.3 Å². The molecule has 1 heterocycles. The van der Waals surface area contributed by atoms with Gasteiger partial charge in [0, 0.05) is 12.1 Å². The van der Waals surface area contributed by atoms with E-state index in [4.69, 9.17) is 5.11 Å². The highest BCUT2D eigenvalue weighted by Gasteiger charge is 2.21. The molecular formula is C11H12BrN3O4. The molecule has 0 fully saturated rings. The zero-order valence-electron chi connectivity index (χ0n) is 10.2. The predicted octanol–water partition coefficient (Wildman–Crippen LogP) is 2.14. The topological polar surface area (TPSA) is 96.6 Å². The third kappa shape index (κ3) is 3.50. The Morgan fingerprint density at radius 1 is 1.74 bits per heavy atom. The van der Waals surface area contributed by atoms with Gasteiger partial charge in [-0.3, -0.25) is 14.9 Å². The number of anilines is 1. The van der Waals surface area contributed by atoms with Crippen LogP contribution in [0.2, 0.25) is 0 Å². The number of rotatable bonds is 6. The summed E-state index contributed by atoms with van der Waals surface area (Å²) >= 11 is 3.22. The predicted molar refractivity (Wildman–Crippen MR) is 73.4 cm³/mol. The molecule has 8 heteroatoms. The fourth-order valence-electron chi connectivity index (χ4n) is 1.51. The molecule has 1 N–H and O–H groups in total. The highest BCUT2D eigenvalue weighted by Crippen LogP contribution is 2.32. The Labute approximate surface area is 117 Å². The molecule has 1 aromatic heterocycles. The summed E-state index contributed by atoms with van der Waals surface area (Å²) in [6, 6.07) is 0. The number of pyridine rings is 1. The van der Waals surface area contributed by atoms with Crippen LogP contribution in [-0.2, 0) is 4.79 Å². The molecule has 0 atom stereocenters. The van der Waals surface area contributed by atoms with Gasteiger partial charge in [-0.2, -0.15) is 0 Å². The number of carbonyl (C=O) groups is 1. The molecule has 1 aromatic rings. The average Bonchev–Trinajstić information content (AvgIpc) is 2.31. The van der Waals surface area contributed by atoms with E-state index in [0.717, 1.165) is 6.20 Å². The van der Waals surface area contributed by atoms with E-state index in [1.807, 2.05) is 0 Å². The van der Waals surface area contributed by atoms with Crippen LogP contribution in [0.5, 0.6) is 0 Å². The monoisotopic (exact) mass is 329 g/mol. The van der Waals surface area contributed by atoms with Crippen molar-refractivity contribution >= 4 is 33.4 Å². The van der Waals surface area contributed by atoms with E-state index in [1.54, 1.807) is 6.92 Å². The maximum Gasteiger partial charge on any atom is 0.323 e. The van der Waals surface area contributed by atoms with Crippen LogP contribution in [0.4, 0.5) is 11.5 Å². The van der Waals surface area contributed by atoms with E-state index in [-0.39, 0.29) is 18.8 Å². The summed E-state index contributed by atoms with van der Waals surface area (Å²) in [4.78, 5) is 26.5. The van der Waals surface area contributed by atoms with E-state index in [2.05, 4.69) is 27.5 Å². The lowest BCUT2D eigenvalue weighted by atomic mass is 10.2. The lowest BCUT2D eigenvalue weighted by Gasteiger charge is -2.21. The number of carboxylic acid groups (broad SMARTS) is 1. The van der Waals surface area contributed by atoms with Crippen molar-refractivity contribution in [1.82, 2.24) is 4.98 Å². The number of aliphatic carboxylic acids is 1. The fraction of sp³-hybridized carbons (Fsp3) is 0.273. The van der Waals surface area contributed by atoms with E-state index in [9.17, 15) is 14.9 Å². The standard InChI is InChI=1S/C11H12BrN3O4/c1-3-4-14(6-9(16)17)11-10(12)7(2)8(5-13-11)15(18)19/h3,5H,1,4,6H2,2H3,(H,16,17). The first kappa shape index (κ1) is 15.1. The Bertz CT molecular complexity index is 533. The normalized spacial score (nSPS) is 10.0. The molecule has 0 aliphatic rings. The molecule has 0 unspecified atom stereocenters. The molecule has 19 heavy (non-hydrogen) atoms. The minimum absolute atomic E-state index is 0.121. The van der Waals surface area contributed by atoms with E-state index in [0.29, 0.717) is 15.9 Å². The van der Waals surface area contributed by atoms with Crippen molar-refractivity contribution < 1.29 is 14.8 Å². The summed E-state index contributed by atoms with van der Waals surface area (Å²) in [6.07, 6.45) is 2.65. The van der Waals surface area contributed by atoms with Gasteiger partial charge in [-0.05, 0) is 22.9 Å². The van der Waals surface area contributed by atoms with Crippen LogP contribution in [0.25, 0.3) is 0 Å². The van der Waals surface area contributed by atoms with Gasteiger partial charge >= 0.3 is 5.97 Å². The number of nitro groups is 1. The van der Waals surface area contributed by atoms with Crippen LogP contribution < -0.4 is 4.90 Å². The van der Waals surface area contributed by atoms with E-state index < -0.39 is 10.9 Å². The maximum atomic E-state index is 10.8. The first-order valence-electron chi connectivity index (χ1n) is 5.25. The van der Waals surface area contributed by atoms with Crippen LogP contribution >= 0.6 is 15.9 Å². The van der Waals surface area contributed by atoms with Crippen LogP contribution in [0.1, 0.15) is 5.56 Å². The van der Waals surface area contributed by atoms with Gasteiger partial charge in [-0.15, -0.1) is 6.58 Å². The maximum absolute atomic E-state index is 10.8. The molecule has 0 aliphatic carbocycles. The summed E-state index contributed by atoms with van der Waals surface area (Å²) in [6.45, 7) is 5.12. The fourth-order valence-corrected chi connectivity index (χ4v) is 2.06. The Kier molecular flexibility index (Phi) is 4.99. The highest BCUT2D eigenvalue weighted by molar-refractivity contribution is 9.10. The number of aromatic nitrogens is 1.